The molecular weight excluding hydrogens is 264 g/mol. The minimum Gasteiger partial charge on any atom is -0.362 e. The highest BCUT2D eigenvalue weighted by molar-refractivity contribution is 7.18. The van der Waals surface area contributed by atoms with E-state index in [4.69, 9.17) is 0 Å². The molecule has 0 aliphatic rings. The summed E-state index contributed by atoms with van der Waals surface area (Å²) in [5, 5.41) is 4.22. The Morgan fingerprint density at radius 2 is 1.55 bits per heavy atom. The molecule has 0 amide bonds. The molecule has 0 aliphatic carbocycles. The van der Waals surface area contributed by atoms with Gasteiger partial charge in [-0.25, -0.2) is 4.98 Å². The molecule has 3 heteroatoms. The summed E-state index contributed by atoms with van der Waals surface area (Å²) >= 11 is 1.69. The van der Waals surface area contributed by atoms with Gasteiger partial charge in [-0.2, -0.15) is 0 Å². The van der Waals surface area contributed by atoms with Crippen LogP contribution in [0.15, 0.2) is 60.8 Å². The molecule has 0 fully saturated rings. The summed E-state index contributed by atoms with van der Waals surface area (Å²) in [6.07, 6.45) is 1.93. The van der Waals surface area contributed by atoms with Crippen molar-refractivity contribution in [2.45, 2.75) is 6.92 Å². The minimum absolute atomic E-state index is 0.903. The Morgan fingerprint density at radius 3 is 2.25 bits per heavy atom. The lowest BCUT2D eigenvalue weighted by molar-refractivity contribution is 1.19. The van der Waals surface area contributed by atoms with Crippen LogP contribution in [0, 0.1) is 0 Å². The van der Waals surface area contributed by atoms with Crippen molar-refractivity contribution in [1.29, 1.82) is 0 Å². The summed E-state index contributed by atoms with van der Waals surface area (Å²) in [4.78, 5) is 5.57. The Bertz CT molecular complexity index is 672. The van der Waals surface area contributed by atoms with Crippen LogP contribution in [0.5, 0.6) is 0 Å². The van der Waals surface area contributed by atoms with Crippen molar-refractivity contribution >= 4 is 16.5 Å². The van der Waals surface area contributed by atoms with Gasteiger partial charge in [0.1, 0.15) is 0 Å². The van der Waals surface area contributed by atoms with Crippen LogP contribution < -0.4 is 5.32 Å². The number of aromatic nitrogens is 1. The van der Waals surface area contributed by atoms with Gasteiger partial charge in [0.25, 0.3) is 0 Å². The van der Waals surface area contributed by atoms with Crippen molar-refractivity contribution in [1.82, 2.24) is 4.98 Å². The molecule has 0 saturated heterocycles. The van der Waals surface area contributed by atoms with Gasteiger partial charge in [-0.1, -0.05) is 65.9 Å². The zero-order chi connectivity index (χ0) is 13.8. The summed E-state index contributed by atoms with van der Waals surface area (Å²) in [5.41, 5.74) is 3.70. The highest BCUT2D eigenvalue weighted by atomic mass is 32.1. The van der Waals surface area contributed by atoms with E-state index in [1.165, 1.54) is 21.6 Å². The molecule has 0 spiro atoms. The van der Waals surface area contributed by atoms with Crippen molar-refractivity contribution in [2.24, 2.45) is 0 Å². The smallest absolute Gasteiger partial charge is 0.183 e. The first kappa shape index (κ1) is 12.9. The van der Waals surface area contributed by atoms with Crippen LogP contribution in [0.4, 0.5) is 5.13 Å². The number of thiazole rings is 1. The molecule has 0 unspecified atom stereocenters. The maximum atomic E-state index is 4.37. The molecule has 0 aliphatic heterocycles. The summed E-state index contributed by atoms with van der Waals surface area (Å²) < 4.78 is 0. The predicted octanol–water partition coefficient (Wildman–Crippen LogP) is 4.91. The Kier molecular flexibility index (Phi) is 3.79. The molecule has 1 aromatic heterocycles. The lowest BCUT2D eigenvalue weighted by atomic mass is 10.0. The van der Waals surface area contributed by atoms with Gasteiger partial charge in [-0.05, 0) is 23.6 Å². The van der Waals surface area contributed by atoms with Crippen LogP contribution in [0.3, 0.4) is 0 Å². The van der Waals surface area contributed by atoms with Gasteiger partial charge < -0.3 is 5.32 Å². The number of rotatable bonds is 4. The number of hydrogen-bond acceptors (Lipinski definition) is 3. The molecule has 1 N–H and O–H groups in total. The predicted molar refractivity (Wildman–Crippen MR) is 87.1 cm³/mol. The second-order valence-electron chi connectivity index (χ2n) is 4.50. The molecule has 2 nitrogen and oxygen atoms in total. The van der Waals surface area contributed by atoms with E-state index in [1.54, 1.807) is 11.3 Å². The van der Waals surface area contributed by atoms with E-state index < -0.39 is 0 Å². The van der Waals surface area contributed by atoms with Gasteiger partial charge >= 0.3 is 0 Å². The van der Waals surface area contributed by atoms with E-state index in [1.807, 2.05) is 12.3 Å². The molecule has 100 valence electrons. The lowest BCUT2D eigenvalue weighted by Crippen LogP contribution is -1.94. The third-order valence-corrected chi connectivity index (χ3v) is 4.11. The van der Waals surface area contributed by atoms with Crippen molar-refractivity contribution in [3.63, 3.8) is 0 Å². The lowest BCUT2D eigenvalue weighted by Gasteiger charge is -2.02. The van der Waals surface area contributed by atoms with Crippen LogP contribution in [0.2, 0.25) is 0 Å². The minimum atomic E-state index is 0.903. The first-order valence-corrected chi connectivity index (χ1v) is 7.54. The van der Waals surface area contributed by atoms with Crippen molar-refractivity contribution in [2.75, 3.05) is 11.9 Å². The van der Waals surface area contributed by atoms with Crippen LogP contribution in [0.25, 0.3) is 21.6 Å². The Balaban J connectivity index is 1.85. The van der Waals surface area contributed by atoms with Gasteiger partial charge in [-0.15, -0.1) is 0 Å². The highest BCUT2D eigenvalue weighted by Gasteiger charge is 2.04. The van der Waals surface area contributed by atoms with E-state index in [2.05, 4.69) is 65.8 Å². The number of benzene rings is 2. The molecule has 0 radical (unpaired) electrons. The molecule has 0 atom stereocenters. The number of anilines is 1. The summed E-state index contributed by atoms with van der Waals surface area (Å²) in [6, 6.07) is 19.1. The monoisotopic (exact) mass is 280 g/mol. The second-order valence-corrected chi connectivity index (χ2v) is 5.53. The molecular formula is C17H16N2S. The fourth-order valence-corrected chi connectivity index (χ4v) is 2.99. The zero-order valence-corrected chi connectivity index (χ0v) is 12.2. The van der Waals surface area contributed by atoms with Gasteiger partial charge in [0.05, 0.1) is 4.88 Å². The fraction of sp³-hybridized carbons (Fsp3) is 0.118. The van der Waals surface area contributed by atoms with Crippen molar-refractivity contribution in [3.8, 4) is 21.6 Å². The molecule has 1 heterocycles. The van der Waals surface area contributed by atoms with E-state index in [0.717, 1.165) is 11.7 Å². The SMILES string of the molecule is CCNc1ncc(-c2ccc(-c3ccccc3)cc2)s1. The average Bonchev–Trinajstić information content (AvgIpc) is 2.97. The molecule has 3 rings (SSSR count). The number of nitrogens with one attached hydrogen (secondary N) is 1. The van der Waals surface area contributed by atoms with Crippen LogP contribution in [0.1, 0.15) is 6.92 Å². The summed E-state index contributed by atoms with van der Waals surface area (Å²) in [7, 11) is 0. The first-order chi connectivity index (χ1) is 9.86. The summed E-state index contributed by atoms with van der Waals surface area (Å²) in [5.74, 6) is 0. The Labute approximate surface area is 123 Å². The van der Waals surface area contributed by atoms with Gasteiger partial charge in [0.15, 0.2) is 5.13 Å². The van der Waals surface area contributed by atoms with Crippen molar-refractivity contribution < 1.29 is 0 Å². The van der Waals surface area contributed by atoms with Crippen LogP contribution in [-0.4, -0.2) is 11.5 Å². The molecule has 20 heavy (non-hydrogen) atoms. The first-order valence-electron chi connectivity index (χ1n) is 6.72. The van der Waals surface area contributed by atoms with E-state index in [9.17, 15) is 0 Å². The van der Waals surface area contributed by atoms with Gasteiger partial charge in [0.2, 0.25) is 0 Å². The fourth-order valence-electron chi connectivity index (χ4n) is 2.10. The third-order valence-electron chi connectivity index (χ3n) is 3.11. The second kappa shape index (κ2) is 5.88. The van der Waals surface area contributed by atoms with Gasteiger partial charge in [0, 0.05) is 12.7 Å². The normalized spacial score (nSPS) is 10.4. The maximum absolute atomic E-state index is 4.37. The highest BCUT2D eigenvalue weighted by Crippen LogP contribution is 2.30. The zero-order valence-electron chi connectivity index (χ0n) is 11.3. The van der Waals surface area contributed by atoms with E-state index >= 15 is 0 Å². The van der Waals surface area contributed by atoms with E-state index in [-0.39, 0.29) is 0 Å². The standard InChI is InChI=1S/C17H16N2S/c1-2-18-17-19-12-16(20-17)15-10-8-14(9-11-15)13-6-4-3-5-7-13/h3-12H,2H2,1H3,(H,18,19). The third kappa shape index (κ3) is 2.73. The Morgan fingerprint density at radius 1 is 0.900 bits per heavy atom. The van der Waals surface area contributed by atoms with Gasteiger partial charge in [-0.3, -0.25) is 0 Å². The summed E-state index contributed by atoms with van der Waals surface area (Å²) in [6.45, 7) is 2.98. The largest absolute Gasteiger partial charge is 0.362 e. The van der Waals surface area contributed by atoms with E-state index in [0.29, 0.717) is 0 Å². The maximum Gasteiger partial charge on any atom is 0.183 e. The average molecular weight is 280 g/mol. The van der Waals surface area contributed by atoms with Crippen molar-refractivity contribution in [3.05, 3.63) is 60.8 Å². The quantitative estimate of drug-likeness (QED) is 0.734. The molecule has 2 aromatic carbocycles. The number of nitrogens with zero attached hydrogens (tertiary/aromatic N) is 1. The topological polar surface area (TPSA) is 24.9 Å². The number of hydrogen-bond donors (Lipinski definition) is 1. The molecule has 0 bridgehead atoms. The Hall–Kier alpha value is -2.13. The molecule has 0 saturated carbocycles. The van der Waals surface area contributed by atoms with Crippen LogP contribution >= 0.6 is 11.3 Å². The van der Waals surface area contributed by atoms with Crippen LogP contribution in [-0.2, 0) is 0 Å². The molecule has 3 aromatic rings.